The smallest absolute Gasteiger partial charge is 0.247 e. The molecule has 0 heterocycles. The van der Waals surface area contributed by atoms with Gasteiger partial charge >= 0.3 is 0 Å². The van der Waals surface area contributed by atoms with E-state index in [1.807, 2.05) is 0 Å². The van der Waals surface area contributed by atoms with Gasteiger partial charge in [0, 0.05) is 20.3 Å². The molecular formula is C6H11Cl3N2O. The number of methoxy groups -OCH3 is 1. The highest BCUT2D eigenvalue weighted by Gasteiger charge is 2.24. The van der Waals surface area contributed by atoms with Crippen molar-refractivity contribution >= 4 is 40.6 Å². The van der Waals surface area contributed by atoms with Gasteiger partial charge in [-0.1, -0.05) is 34.8 Å². The zero-order chi connectivity index (χ0) is 9.61. The van der Waals surface area contributed by atoms with Gasteiger partial charge in [0.25, 0.3) is 0 Å². The molecule has 12 heavy (non-hydrogen) atoms. The van der Waals surface area contributed by atoms with E-state index in [1.165, 1.54) is 0 Å². The summed E-state index contributed by atoms with van der Waals surface area (Å²) < 4.78 is 3.21. The van der Waals surface area contributed by atoms with Crippen LogP contribution in [0.2, 0.25) is 0 Å². The Morgan fingerprint density at radius 1 is 1.50 bits per heavy atom. The van der Waals surface area contributed by atoms with E-state index in [-0.39, 0.29) is 5.84 Å². The van der Waals surface area contributed by atoms with E-state index in [1.54, 1.807) is 7.11 Å². The van der Waals surface area contributed by atoms with Gasteiger partial charge in [0.1, 0.15) is 5.84 Å². The molecular weight excluding hydrogens is 222 g/mol. The van der Waals surface area contributed by atoms with Gasteiger partial charge in [-0.3, -0.25) is 4.99 Å². The van der Waals surface area contributed by atoms with Crippen LogP contribution in [-0.2, 0) is 4.74 Å². The minimum absolute atomic E-state index is 0.0172. The Bertz CT molecular complexity index is 155. The Labute approximate surface area is 86.8 Å². The maximum absolute atomic E-state index is 5.44. The maximum Gasteiger partial charge on any atom is 0.247 e. The predicted molar refractivity (Wildman–Crippen MR) is 53.3 cm³/mol. The fraction of sp³-hybridized carbons (Fsp3) is 0.833. The molecule has 0 aromatic heterocycles. The molecule has 72 valence electrons. The molecule has 0 spiro atoms. The number of halogens is 3. The topological polar surface area (TPSA) is 47.6 Å². The first kappa shape index (κ1) is 12.3. The summed E-state index contributed by atoms with van der Waals surface area (Å²) in [7, 11) is 1.61. The molecule has 6 heteroatoms. The van der Waals surface area contributed by atoms with E-state index in [0.717, 1.165) is 6.42 Å². The lowest BCUT2D eigenvalue weighted by atomic mass is 10.4. The highest BCUT2D eigenvalue weighted by Crippen LogP contribution is 2.25. The quantitative estimate of drug-likeness (QED) is 0.348. The van der Waals surface area contributed by atoms with Gasteiger partial charge in [-0.05, 0) is 6.42 Å². The molecule has 0 amide bonds. The van der Waals surface area contributed by atoms with Gasteiger partial charge in [-0.2, -0.15) is 0 Å². The second-order valence-corrected chi connectivity index (χ2v) is 4.39. The first-order chi connectivity index (χ1) is 5.48. The van der Waals surface area contributed by atoms with Crippen LogP contribution in [0, 0.1) is 0 Å². The fourth-order valence-corrected chi connectivity index (χ4v) is 0.677. The molecule has 0 radical (unpaired) electrons. The van der Waals surface area contributed by atoms with Gasteiger partial charge in [0.05, 0.1) is 0 Å². The van der Waals surface area contributed by atoms with Crippen molar-refractivity contribution < 1.29 is 4.74 Å². The Kier molecular flexibility index (Phi) is 6.01. The highest BCUT2D eigenvalue weighted by molar-refractivity contribution is 6.76. The summed E-state index contributed by atoms with van der Waals surface area (Å²) in [5.74, 6) is 0.0172. The second kappa shape index (κ2) is 5.86. The van der Waals surface area contributed by atoms with Gasteiger partial charge in [-0.25, -0.2) is 0 Å². The van der Waals surface area contributed by atoms with Crippen molar-refractivity contribution in [3.8, 4) is 0 Å². The summed E-state index contributed by atoms with van der Waals surface area (Å²) in [6.07, 6.45) is 0.762. The third-order valence-corrected chi connectivity index (χ3v) is 1.66. The van der Waals surface area contributed by atoms with Crippen LogP contribution in [0.3, 0.4) is 0 Å². The van der Waals surface area contributed by atoms with E-state index < -0.39 is 3.79 Å². The Balaban J connectivity index is 3.70. The normalized spacial score (nSPS) is 13.5. The third-order valence-electron chi connectivity index (χ3n) is 1.08. The number of aliphatic imine (C=N–C) groups is 1. The van der Waals surface area contributed by atoms with E-state index in [4.69, 9.17) is 45.3 Å². The van der Waals surface area contributed by atoms with Crippen LogP contribution in [0.15, 0.2) is 4.99 Å². The third kappa shape index (κ3) is 5.89. The van der Waals surface area contributed by atoms with E-state index in [9.17, 15) is 0 Å². The molecule has 2 N–H and O–H groups in total. The number of hydrogen-bond donors (Lipinski definition) is 1. The average molecular weight is 234 g/mol. The van der Waals surface area contributed by atoms with Crippen molar-refractivity contribution in [2.24, 2.45) is 10.7 Å². The van der Waals surface area contributed by atoms with Crippen molar-refractivity contribution in [2.75, 3.05) is 20.3 Å². The molecule has 0 aliphatic heterocycles. The lowest BCUT2D eigenvalue weighted by Gasteiger charge is -2.09. The SMILES string of the molecule is COCCCN=C(N)C(Cl)(Cl)Cl. The summed E-state index contributed by atoms with van der Waals surface area (Å²) in [4.78, 5) is 3.85. The number of amidine groups is 1. The van der Waals surface area contributed by atoms with Crippen molar-refractivity contribution in [3.05, 3.63) is 0 Å². The second-order valence-electron chi connectivity index (χ2n) is 2.11. The Morgan fingerprint density at radius 2 is 2.08 bits per heavy atom. The van der Waals surface area contributed by atoms with Crippen molar-refractivity contribution in [2.45, 2.75) is 10.2 Å². The predicted octanol–water partition coefficient (Wildman–Crippen LogP) is 1.75. The lowest BCUT2D eigenvalue weighted by Crippen LogP contribution is -2.28. The first-order valence-corrected chi connectivity index (χ1v) is 4.48. The molecule has 0 aliphatic rings. The van der Waals surface area contributed by atoms with Crippen LogP contribution in [0.1, 0.15) is 6.42 Å². The molecule has 0 aliphatic carbocycles. The van der Waals surface area contributed by atoms with Gasteiger partial charge in [-0.15, -0.1) is 0 Å². The molecule has 3 nitrogen and oxygen atoms in total. The van der Waals surface area contributed by atoms with Gasteiger partial charge in [0.15, 0.2) is 0 Å². The highest BCUT2D eigenvalue weighted by atomic mass is 35.6. The number of ether oxygens (including phenoxy) is 1. The number of nitrogens with zero attached hydrogens (tertiary/aromatic N) is 1. The summed E-state index contributed by atoms with van der Waals surface area (Å²) in [6, 6.07) is 0. The lowest BCUT2D eigenvalue weighted by molar-refractivity contribution is 0.197. The van der Waals surface area contributed by atoms with E-state index in [0.29, 0.717) is 13.2 Å². The standard InChI is InChI=1S/C6H11Cl3N2O/c1-12-4-2-3-11-5(10)6(7,8)9/h2-4H2,1H3,(H2,10,11). The molecule has 0 unspecified atom stereocenters. The molecule has 0 atom stereocenters. The Morgan fingerprint density at radius 3 is 2.50 bits per heavy atom. The number of alkyl halides is 3. The minimum atomic E-state index is -1.59. The monoisotopic (exact) mass is 232 g/mol. The van der Waals surface area contributed by atoms with E-state index >= 15 is 0 Å². The summed E-state index contributed by atoms with van der Waals surface area (Å²) in [5.41, 5.74) is 5.35. The summed E-state index contributed by atoms with van der Waals surface area (Å²) >= 11 is 16.3. The van der Waals surface area contributed by atoms with E-state index in [2.05, 4.69) is 4.99 Å². The van der Waals surface area contributed by atoms with Crippen LogP contribution in [0.5, 0.6) is 0 Å². The van der Waals surface area contributed by atoms with Gasteiger partial charge < -0.3 is 10.5 Å². The first-order valence-electron chi connectivity index (χ1n) is 3.34. The van der Waals surface area contributed by atoms with Crippen LogP contribution < -0.4 is 5.73 Å². The number of nitrogens with two attached hydrogens (primary N) is 1. The largest absolute Gasteiger partial charge is 0.385 e. The average Bonchev–Trinajstić information content (AvgIpc) is 1.96. The molecule has 0 fully saturated rings. The van der Waals surface area contributed by atoms with Crippen molar-refractivity contribution in [1.82, 2.24) is 0 Å². The molecule has 0 saturated heterocycles. The number of rotatable bonds is 4. The minimum Gasteiger partial charge on any atom is -0.385 e. The molecule has 0 aromatic rings. The van der Waals surface area contributed by atoms with Crippen LogP contribution in [0.25, 0.3) is 0 Å². The zero-order valence-electron chi connectivity index (χ0n) is 6.69. The van der Waals surface area contributed by atoms with Gasteiger partial charge in [0.2, 0.25) is 3.79 Å². The Hall–Kier alpha value is 0.300. The summed E-state index contributed by atoms with van der Waals surface area (Å²) in [6.45, 7) is 1.13. The van der Waals surface area contributed by atoms with Crippen molar-refractivity contribution in [1.29, 1.82) is 0 Å². The maximum atomic E-state index is 5.44. The fourth-order valence-electron chi connectivity index (χ4n) is 0.498. The number of hydrogen-bond acceptors (Lipinski definition) is 2. The van der Waals surface area contributed by atoms with Crippen LogP contribution >= 0.6 is 34.8 Å². The molecule has 0 aromatic carbocycles. The molecule has 0 saturated carbocycles. The molecule has 0 bridgehead atoms. The van der Waals surface area contributed by atoms with Crippen LogP contribution in [-0.4, -0.2) is 29.9 Å². The van der Waals surface area contributed by atoms with Crippen LogP contribution in [0.4, 0.5) is 0 Å². The van der Waals surface area contributed by atoms with Crippen molar-refractivity contribution in [3.63, 3.8) is 0 Å². The zero-order valence-corrected chi connectivity index (χ0v) is 8.96. The molecule has 0 rings (SSSR count). The summed E-state index contributed by atoms with van der Waals surface area (Å²) in [5, 5.41) is 0.